The number of furan rings is 1. The minimum atomic E-state index is -0.0855. The van der Waals surface area contributed by atoms with E-state index in [1.165, 1.54) is 0 Å². The summed E-state index contributed by atoms with van der Waals surface area (Å²) in [6.07, 6.45) is 1.77. The van der Waals surface area contributed by atoms with Crippen LogP contribution in [0.1, 0.15) is 11.3 Å². The van der Waals surface area contributed by atoms with Gasteiger partial charge in [-0.1, -0.05) is 18.2 Å². The molecule has 0 unspecified atom stereocenters. The van der Waals surface area contributed by atoms with Crippen LogP contribution in [0.4, 0.5) is 5.69 Å². The summed E-state index contributed by atoms with van der Waals surface area (Å²) in [7, 11) is 0. The molecule has 1 aromatic heterocycles. The van der Waals surface area contributed by atoms with Crippen LogP contribution in [-0.4, -0.2) is 5.91 Å². The zero-order chi connectivity index (χ0) is 11.8. The first kappa shape index (κ1) is 10.6. The highest BCUT2D eigenvalue weighted by Crippen LogP contribution is 2.32. The van der Waals surface area contributed by atoms with Crippen molar-refractivity contribution in [3.05, 3.63) is 51.5 Å². The minimum absolute atomic E-state index is 0.0855. The zero-order valence-electron chi connectivity index (χ0n) is 8.74. The Hall–Kier alpha value is -1.56. The summed E-state index contributed by atoms with van der Waals surface area (Å²) in [5.41, 5.74) is 2.42. The number of anilines is 1. The first-order chi connectivity index (χ1) is 8.24. The van der Waals surface area contributed by atoms with Crippen LogP contribution in [0.3, 0.4) is 0 Å². The van der Waals surface area contributed by atoms with E-state index in [0.717, 1.165) is 15.0 Å². The number of carbonyl (C=O) groups is 1. The van der Waals surface area contributed by atoms with Crippen LogP contribution in [0, 0.1) is 3.77 Å². The molecule has 0 atom stereocenters. The molecule has 0 fully saturated rings. The summed E-state index contributed by atoms with van der Waals surface area (Å²) in [5.74, 6) is 0.605. The molecule has 2 aromatic rings. The van der Waals surface area contributed by atoms with Gasteiger partial charge in [-0.2, -0.15) is 0 Å². The summed E-state index contributed by atoms with van der Waals surface area (Å²) in [6.45, 7) is 0. The third-order valence-corrected chi connectivity index (χ3v) is 3.17. The second-order valence-electron chi connectivity index (χ2n) is 3.70. The second-order valence-corrected chi connectivity index (χ2v) is 4.76. The maximum atomic E-state index is 11.8. The molecule has 2 heterocycles. The van der Waals surface area contributed by atoms with Gasteiger partial charge in [0.15, 0.2) is 3.77 Å². The molecule has 0 aliphatic carbocycles. The molecule has 0 spiro atoms. The fourth-order valence-electron chi connectivity index (χ4n) is 1.83. The highest BCUT2D eigenvalue weighted by molar-refractivity contribution is 14.1. The van der Waals surface area contributed by atoms with Gasteiger partial charge >= 0.3 is 0 Å². The Labute approximate surface area is 112 Å². The van der Waals surface area contributed by atoms with E-state index in [-0.39, 0.29) is 5.91 Å². The first-order valence-electron chi connectivity index (χ1n) is 5.12. The number of nitrogens with one attached hydrogen (secondary N) is 1. The lowest BCUT2D eigenvalue weighted by molar-refractivity contribution is -0.110. The zero-order valence-corrected chi connectivity index (χ0v) is 10.9. The summed E-state index contributed by atoms with van der Waals surface area (Å²) < 4.78 is 6.25. The van der Waals surface area contributed by atoms with Gasteiger partial charge in [0.1, 0.15) is 5.76 Å². The maximum Gasteiger partial charge on any atom is 0.256 e. The van der Waals surface area contributed by atoms with Crippen molar-refractivity contribution in [2.75, 3.05) is 5.32 Å². The van der Waals surface area contributed by atoms with Crippen molar-refractivity contribution in [2.24, 2.45) is 0 Å². The van der Waals surface area contributed by atoms with Gasteiger partial charge in [-0.25, -0.2) is 0 Å². The highest BCUT2D eigenvalue weighted by Gasteiger charge is 2.23. The van der Waals surface area contributed by atoms with E-state index in [1.54, 1.807) is 6.08 Å². The van der Waals surface area contributed by atoms with Gasteiger partial charge in [0.2, 0.25) is 0 Å². The van der Waals surface area contributed by atoms with Gasteiger partial charge in [-0.05, 0) is 46.9 Å². The van der Waals surface area contributed by atoms with Crippen LogP contribution in [0.15, 0.2) is 40.8 Å². The average molecular weight is 337 g/mol. The fourth-order valence-corrected chi connectivity index (χ4v) is 2.26. The minimum Gasteiger partial charge on any atom is -0.451 e. The highest BCUT2D eigenvalue weighted by atomic mass is 127. The Balaban J connectivity index is 2.09. The largest absolute Gasteiger partial charge is 0.451 e. The van der Waals surface area contributed by atoms with Gasteiger partial charge in [-0.15, -0.1) is 0 Å². The number of amides is 1. The van der Waals surface area contributed by atoms with Crippen LogP contribution in [0.25, 0.3) is 11.6 Å². The molecule has 0 bridgehead atoms. The maximum absolute atomic E-state index is 11.8. The molecular weight excluding hydrogens is 329 g/mol. The predicted octanol–water partition coefficient (Wildman–Crippen LogP) is 3.38. The Morgan fingerprint density at radius 1 is 1.18 bits per heavy atom. The molecule has 3 rings (SSSR count). The van der Waals surface area contributed by atoms with E-state index < -0.39 is 0 Å². The lowest BCUT2D eigenvalue weighted by Crippen LogP contribution is -2.03. The van der Waals surface area contributed by atoms with E-state index in [0.29, 0.717) is 11.3 Å². The lowest BCUT2D eigenvalue weighted by Gasteiger charge is -1.95. The van der Waals surface area contributed by atoms with Crippen molar-refractivity contribution >= 4 is 45.8 Å². The molecule has 17 heavy (non-hydrogen) atoms. The molecule has 1 amide bonds. The molecule has 0 saturated carbocycles. The number of halogens is 1. The van der Waals surface area contributed by atoms with E-state index >= 15 is 0 Å². The molecule has 1 aromatic carbocycles. The topological polar surface area (TPSA) is 42.2 Å². The number of rotatable bonds is 1. The van der Waals surface area contributed by atoms with Gasteiger partial charge in [0.05, 0.1) is 5.57 Å². The van der Waals surface area contributed by atoms with Crippen molar-refractivity contribution in [1.29, 1.82) is 0 Å². The van der Waals surface area contributed by atoms with Crippen molar-refractivity contribution in [1.82, 2.24) is 0 Å². The van der Waals surface area contributed by atoms with Crippen LogP contribution >= 0.6 is 22.6 Å². The SMILES string of the molecule is O=C1Nc2ccccc2C1=Cc1ccc(I)o1. The van der Waals surface area contributed by atoms with Gasteiger partial charge < -0.3 is 9.73 Å². The van der Waals surface area contributed by atoms with Crippen LogP contribution < -0.4 is 5.32 Å². The van der Waals surface area contributed by atoms with E-state index in [4.69, 9.17) is 4.42 Å². The molecule has 84 valence electrons. The number of fused-ring (bicyclic) bond motifs is 1. The summed E-state index contributed by atoms with van der Waals surface area (Å²) >= 11 is 2.10. The quantitative estimate of drug-likeness (QED) is 0.640. The van der Waals surface area contributed by atoms with Gasteiger partial charge in [0.25, 0.3) is 5.91 Å². The van der Waals surface area contributed by atoms with Gasteiger partial charge in [-0.3, -0.25) is 4.79 Å². The molecule has 1 aliphatic rings. The molecular formula is C13H8INO2. The molecule has 1 aliphatic heterocycles. The lowest BCUT2D eigenvalue weighted by atomic mass is 10.1. The Morgan fingerprint density at radius 2 is 2.00 bits per heavy atom. The number of carbonyl (C=O) groups excluding carboxylic acids is 1. The third-order valence-electron chi connectivity index (χ3n) is 2.59. The Morgan fingerprint density at radius 3 is 2.76 bits per heavy atom. The Bertz CT molecular complexity index is 628. The predicted molar refractivity (Wildman–Crippen MR) is 74.4 cm³/mol. The number of hydrogen-bond acceptors (Lipinski definition) is 2. The first-order valence-corrected chi connectivity index (χ1v) is 6.20. The number of benzene rings is 1. The van der Waals surface area contributed by atoms with Crippen molar-refractivity contribution in [3.63, 3.8) is 0 Å². The normalized spacial score (nSPS) is 16.1. The average Bonchev–Trinajstić information content (AvgIpc) is 2.85. The molecule has 0 radical (unpaired) electrons. The fraction of sp³-hybridized carbons (Fsp3) is 0. The summed E-state index contributed by atoms with van der Waals surface area (Å²) in [4.78, 5) is 11.8. The van der Waals surface area contributed by atoms with Crippen molar-refractivity contribution in [3.8, 4) is 0 Å². The van der Waals surface area contributed by atoms with Crippen molar-refractivity contribution < 1.29 is 9.21 Å². The third kappa shape index (κ3) is 1.88. The van der Waals surface area contributed by atoms with E-state index in [9.17, 15) is 4.79 Å². The van der Waals surface area contributed by atoms with E-state index in [2.05, 4.69) is 27.9 Å². The summed E-state index contributed by atoms with van der Waals surface area (Å²) in [6, 6.07) is 11.3. The number of hydrogen-bond donors (Lipinski definition) is 1. The molecule has 0 saturated heterocycles. The van der Waals surface area contributed by atoms with E-state index in [1.807, 2.05) is 36.4 Å². The smallest absolute Gasteiger partial charge is 0.256 e. The van der Waals surface area contributed by atoms with Crippen LogP contribution in [0.2, 0.25) is 0 Å². The molecule has 3 nitrogen and oxygen atoms in total. The van der Waals surface area contributed by atoms with Crippen LogP contribution in [0.5, 0.6) is 0 Å². The standard InChI is InChI=1S/C13H8INO2/c14-12-6-5-8(17-12)7-10-9-3-1-2-4-11(9)15-13(10)16/h1-7H,(H,15,16). The van der Waals surface area contributed by atoms with Crippen LogP contribution in [-0.2, 0) is 4.79 Å². The molecule has 1 N–H and O–H groups in total. The van der Waals surface area contributed by atoms with Gasteiger partial charge in [0, 0.05) is 11.3 Å². The molecule has 4 heteroatoms. The summed E-state index contributed by atoms with van der Waals surface area (Å²) in [5, 5.41) is 2.82. The van der Waals surface area contributed by atoms with Crippen molar-refractivity contribution in [2.45, 2.75) is 0 Å². The Kier molecular flexibility index (Phi) is 2.51. The number of para-hydroxylation sites is 1. The monoisotopic (exact) mass is 337 g/mol. The second kappa shape index (κ2) is 4.03.